The molecule has 0 aliphatic heterocycles. The lowest BCUT2D eigenvalue weighted by molar-refractivity contribution is -0.144. The average molecular weight is 439 g/mol. The summed E-state index contributed by atoms with van der Waals surface area (Å²) in [7, 11) is 0. The third-order valence-corrected chi connectivity index (χ3v) is 9.25. The zero-order valence-electron chi connectivity index (χ0n) is 20.7. The first-order valence-electron chi connectivity index (χ1n) is 13.9. The number of esters is 1. The van der Waals surface area contributed by atoms with E-state index in [-0.39, 0.29) is 11.9 Å². The number of rotatable bonds is 8. The summed E-state index contributed by atoms with van der Waals surface area (Å²) in [5.41, 5.74) is 1.20. The van der Waals surface area contributed by atoms with Crippen LogP contribution in [0.2, 0.25) is 0 Å². The Morgan fingerprint density at radius 2 is 1.59 bits per heavy atom. The Morgan fingerprint density at radius 3 is 2.34 bits per heavy atom. The van der Waals surface area contributed by atoms with Crippen molar-refractivity contribution < 1.29 is 9.53 Å². The second kappa shape index (κ2) is 11.7. The second-order valence-corrected chi connectivity index (χ2v) is 11.4. The Labute approximate surface area is 196 Å². The van der Waals surface area contributed by atoms with E-state index >= 15 is 0 Å². The number of hydrogen-bond acceptors (Lipinski definition) is 2. The standard InChI is InChI=1S/C30H46O2/c1-3-4-5-6-8-23-13-15-24(16-14-23)25-17-20-28-26(21-25)9-7-10-29(28)30(31)32-27-18-11-22(2)12-19-27/h11-12,18-19,23-26,28-29H,3-10,13-17,20-21H2,1-2H3. The predicted octanol–water partition coefficient (Wildman–Crippen LogP) is 8.51. The van der Waals surface area contributed by atoms with E-state index in [0.29, 0.717) is 11.7 Å². The van der Waals surface area contributed by atoms with Crippen LogP contribution < -0.4 is 4.74 Å². The highest BCUT2D eigenvalue weighted by Crippen LogP contribution is 2.50. The zero-order valence-corrected chi connectivity index (χ0v) is 20.7. The molecular weight excluding hydrogens is 392 g/mol. The minimum Gasteiger partial charge on any atom is -0.426 e. The Hall–Kier alpha value is -1.31. The van der Waals surface area contributed by atoms with Crippen LogP contribution in [-0.2, 0) is 4.79 Å². The number of hydrogen-bond donors (Lipinski definition) is 0. The maximum Gasteiger partial charge on any atom is 0.314 e. The van der Waals surface area contributed by atoms with Gasteiger partial charge in [-0.1, -0.05) is 82.4 Å². The number of unbranched alkanes of at least 4 members (excludes halogenated alkanes) is 3. The number of carbonyl (C=O) groups is 1. The maximum absolute atomic E-state index is 13.0. The van der Waals surface area contributed by atoms with E-state index in [1.165, 1.54) is 95.5 Å². The molecule has 3 saturated carbocycles. The summed E-state index contributed by atoms with van der Waals surface area (Å²) in [4.78, 5) is 13.0. The van der Waals surface area contributed by atoms with E-state index in [9.17, 15) is 4.79 Å². The van der Waals surface area contributed by atoms with Crippen molar-refractivity contribution in [2.75, 3.05) is 0 Å². The molecule has 32 heavy (non-hydrogen) atoms. The minimum absolute atomic E-state index is 0.0329. The summed E-state index contributed by atoms with van der Waals surface area (Å²) in [6, 6.07) is 7.92. The molecular formula is C30H46O2. The number of fused-ring (bicyclic) bond motifs is 1. The van der Waals surface area contributed by atoms with Crippen molar-refractivity contribution in [1.82, 2.24) is 0 Å². The molecule has 0 N–H and O–H groups in total. The lowest BCUT2D eigenvalue weighted by atomic mass is 9.59. The van der Waals surface area contributed by atoms with E-state index in [0.717, 1.165) is 30.1 Å². The van der Waals surface area contributed by atoms with Gasteiger partial charge in [-0.15, -0.1) is 0 Å². The van der Waals surface area contributed by atoms with E-state index < -0.39 is 0 Å². The van der Waals surface area contributed by atoms with Crippen molar-refractivity contribution in [3.8, 4) is 5.75 Å². The third-order valence-electron chi connectivity index (χ3n) is 9.25. The molecule has 0 radical (unpaired) electrons. The fourth-order valence-electron chi connectivity index (χ4n) is 7.33. The van der Waals surface area contributed by atoms with Gasteiger partial charge in [0.05, 0.1) is 5.92 Å². The molecule has 0 amide bonds. The van der Waals surface area contributed by atoms with Crippen LogP contribution in [0, 0.1) is 42.4 Å². The summed E-state index contributed by atoms with van der Waals surface area (Å²) >= 11 is 0. The maximum atomic E-state index is 13.0. The lowest BCUT2D eigenvalue weighted by Gasteiger charge is -2.46. The van der Waals surface area contributed by atoms with Gasteiger partial charge in [-0.2, -0.15) is 0 Å². The molecule has 1 aromatic carbocycles. The van der Waals surface area contributed by atoms with Gasteiger partial charge in [0.15, 0.2) is 0 Å². The van der Waals surface area contributed by atoms with Crippen LogP contribution in [0.5, 0.6) is 5.75 Å². The summed E-state index contributed by atoms with van der Waals surface area (Å²) in [6.45, 7) is 4.37. The predicted molar refractivity (Wildman–Crippen MR) is 133 cm³/mol. The molecule has 178 valence electrons. The van der Waals surface area contributed by atoms with Gasteiger partial charge in [0.1, 0.15) is 5.75 Å². The summed E-state index contributed by atoms with van der Waals surface area (Å²) in [6.07, 6.45) is 20.6. The first-order chi connectivity index (χ1) is 15.6. The topological polar surface area (TPSA) is 26.3 Å². The first-order valence-corrected chi connectivity index (χ1v) is 13.9. The largest absolute Gasteiger partial charge is 0.426 e. The molecule has 2 nitrogen and oxygen atoms in total. The summed E-state index contributed by atoms with van der Waals surface area (Å²) in [5.74, 6) is 5.07. The number of aryl methyl sites for hydroxylation is 1. The molecule has 0 heterocycles. The molecule has 3 aliphatic rings. The normalized spacial score (nSPS) is 32.8. The Balaban J connectivity index is 1.25. The highest BCUT2D eigenvalue weighted by atomic mass is 16.5. The molecule has 4 unspecified atom stereocenters. The Bertz CT molecular complexity index is 700. The van der Waals surface area contributed by atoms with Crippen molar-refractivity contribution in [2.45, 2.75) is 110 Å². The number of benzene rings is 1. The Morgan fingerprint density at radius 1 is 0.844 bits per heavy atom. The first kappa shape index (κ1) is 23.8. The molecule has 4 rings (SSSR count). The van der Waals surface area contributed by atoms with Gasteiger partial charge < -0.3 is 4.74 Å². The molecule has 3 aliphatic carbocycles. The van der Waals surface area contributed by atoms with Gasteiger partial charge in [0.2, 0.25) is 0 Å². The van der Waals surface area contributed by atoms with Gasteiger partial charge in [-0.3, -0.25) is 4.79 Å². The zero-order chi connectivity index (χ0) is 22.3. The number of ether oxygens (including phenoxy) is 1. The number of carbonyl (C=O) groups excluding carboxylic acids is 1. The highest BCUT2D eigenvalue weighted by molar-refractivity contribution is 5.75. The molecule has 4 atom stereocenters. The molecule has 2 heteroatoms. The van der Waals surface area contributed by atoms with Crippen molar-refractivity contribution in [1.29, 1.82) is 0 Å². The molecule has 0 aromatic heterocycles. The van der Waals surface area contributed by atoms with Gasteiger partial charge in [-0.05, 0) is 87.2 Å². The fraction of sp³-hybridized carbons (Fsp3) is 0.767. The van der Waals surface area contributed by atoms with Gasteiger partial charge in [0.25, 0.3) is 0 Å². The minimum atomic E-state index is 0.0329. The highest BCUT2D eigenvalue weighted by Gasteiger charge is 2.43. The van der Waals surface area contributed by atoms with Crippen molar-refractivity contribution >= 4 is 5.97 Å². The lowest BCUT2D eigenvalue weighted by Crippen LogP contribution is -2.40. The van der Waals surface area contributed by atoms with Crippen LogP contribution in [0.15, 0.2) is 24.3 Å². The second-order valence-electron chi connectivity index (χ2n) is 11.4. The quantitative estimate of drug-likeness (QED) is 0.231. The monoisotopic (exact) mass is 438 g/mol. The molecule has 3 fully saturated rings. The van der Waals surface area contributed by atoms with E-state index in [1.54, 1.807) is 0 Å². The van der Waals surface area contributed by atoms with Crippen LogP contribution in [-0.4, -0.2) is 5.97 Å². The van der Waals surface area contributed by atoms with Crippen LogP contribution >= 0.6 is 0 Å². The molecule has 0 spiro atoms. The van der Waals surface area contributed by atoms with E-state index in [2.05, 4.69) is 13.8 Å². The molecule has 1 aromatic rings. The van der Waals surface area contributed by atoms with Gasteiger partial charge in [-0.25, -0.2) is 0 Å². The SMILES string of the molecule is CCCCCCC1CCC(C2CCC3C(CCCC3C(=O)Oc3ccc(C)cc3)C2)CC1. The van der Waals surface area contributed by atoms with Crippen LogP contribution in [0.3, 0.4) is 0 Å². The van der Waals surface area contributed by atoms with Crippen molar-refractivity contribution in [3.05, 3.63) is 29.8 Å². The summed E-state index contributed by atoms with van der Waals surface area (Å²) in [5, 5.41) is 0. The smallest absolute Gasteiger partial charge is 0.314 e. The van der Waals surface area contributed by atoms with E-state index in [1.807, 2.05) is 24.3 Å². The van der Waals surface area contributed by atoms with Crippen molar-refractivity contribution in [2.24, 2.45) is 35.5 Å². The fourth-order valence-corrected chi connectivity index (χ4v) is 7.33. The van der Waals surface area contributed by atoms with E-state index in [4.69, 9.17) is 4.74 Å². The summed E-state index contributed by atoms with van der Waals surface area (Å²) < 4.78 is 5.82. The van der Waals surface area contributed by atoms with Crippen molar-refractivity contribution in [3.63, 3.8) is 0 Å². The third kappa shape index (κ3) is 6.17. The average Bonchev–Trinajstić information content (AvgIpc) is 2.83. The van der Waals surface area contributed by atoms with Crippen LogP contribution in [0.4, 0.5) is 0 Å². The molecule has 0 bridgehead atoms. The Kier molecular flexibility index (Phi) is 8.72. The van der Waals surface area contributed by atoms with Crippen LogP contribution in [0.1, 0.15) is 109 Å². The van der Waals surface area contributed by atoms with Crippen LogP contribution in [0.25, 0.3) is 0 Å². The van der Waals surface area contributed by atoms with Gasteiger partial charge in [0, 0.05) is 0 Å². The molecule has 0 saturated heterocycles. The van der Waals surface area contributed by atoms with Gasteiger partial charge >= 0.3 is 5.97 Å².